The average Bonchev–Trinajstić information content (AvgIpc) is 2.67. The molecule has 0 fully saturated rings. The molecule has 1 aromatic carbocycles. The summed E-state index contributed by atoms with van der Waals surface area (Å²) in [6.45, 7) is 9.91. The third-order valence-corrected chi connectivity index (χ3v) is 1.96. The van der Waals surface area contributed by atoms with Crippen LogP contribution < -0.4 is 0 Å². The Kier molecular flexibility index (Phi) is 6.08. The Balaban J connectivity index is 0.000000509. The Hall–Kier alpha value is -1.64. The zero-order valence-corrected chi connectivity index (χ0v) is 10.6. The summed E-state index contributed by atoms with van der Waals surface area (Å²) >= 11 is 0. The summed E-state index contributed by atoms with van der Waals surface area (Å²) in [5, 5.41) is 19.4. The highest BCUT2D eigenvalue weighted by atomic mass is 16.3. The van der Waals surface area contributed by atoms with E-state index >= 15 is 0 Å². The van der Waals surface area contributed by atoms with Crippen molar-refractivity contribution in [1.29, 1.82) is 0 Å². The molecule has 0 bridgehead atoms. The molecule has 3 N–H and O–H groups in total. The molecular weight excluding hydrogens is 202 g/mol. The van der Waals surface area contributed by atoms with E-state index in [2.05, 4.69) is 4.98 Å². The number of benzene rings is 1. The minimum absolute atomic E-state index is 0.0816. The minimum Gasteiger partial charge on any atom is -0.508 e. The Labute approximate surface area is 96.7 Å². The van der Waals surface area contributed by atoms with E-state index in [-0.39, 0.29) is 11.5 Å². The maximum Gasteiger partial charge on any atom is 0.143 e. The maximum atomic E-state index is 9.37. The van der Waals surface area contributed by atoms with E-state index in [4.69, 9.17) is 0 Å². The monoisotopic (exact) mass is 223 g/mol. The van der Waals surface area contributed by atoms with Gasteiger partial charge in [-0.2, -0.15) is 0 Å². The number of nitrogens with one attached hydrogen (secondary N) is 1. The lowest BCUT2D eigenvalue weighted by atomic mass is 10.2. The summed E-state index contributed by atoms with van der Waals surface area (Å²) in [6.07, 6.45) is 1.80. The van der Waals surface area contributed by atoms with Crippen LogP contribution in [0.25, 0.3) is 10.9 Å². The van der Waals surface area contributed by atoms with Gasteiger partial charge in [-0.3, -0.25) is 0 Å². The summed E-state index contributed by atoms with van der Waals surface area (Å²) in [7, 11) is 0. The number of hydrogen-bond acceptors (Lipinski definition) is 2. The second-order valence-electron chi connectivity index (χ2n) is 2.86. The molecule has 0 aliphatic heterocycles. The molecule has 0 unspecified atom stereocenters. The molecule has 0 atom stereocenters. The van der Waals surface area contributed by atoms with Gasteiger partial charge in [0.1, 0.15) is 11.5 Å². The first-order valence-electron chi connectivity index (χ1n) is 5.68. The number of H-pyrrole nitrogens is 1. The zero-order valence-electron chi connectivity index (χ0n) is 10.6. The van der Waals surface area contributed by atoms with Crippen molar-refractivity contribution in [2.75, 3.05) is 0 Å². The second-order valence-corrected chi connectivity index (χ2v) is 2.86. The number of aryl methyl sites for hydroxylation is 1. The molecule has 0 aliphatic rings. The van der Waals surface area contributed by atoms with Crippen LogP contribution >= 0.6 is 0 Å². The normalized spacial score (nSPS) is 8.81. The van der Waals surface area contributed by atoms with Crippen molar-refractivity contribution in [3.05, 3.63) is 23.9 Å². The first-order valence-corrected chi connectivity index (χ1v) is 5.68. The highest BCUT2D eigenvalue weighted by molar-refractivity contribution is 5.89. The van der Waals surface area contributed by atoms with Crippen LogP contribution in [0.2, 0.25) is 0 Å². The van der Waals surface area contributed by atoms with Crippen molar-refractivity contribution >= 4 is 10.9 Å². The van der Waals surface area contributed by atoms with Gasteiger partial charge in [0, 0.05) is 17.6 Å². The summed E-state index contributed by atoms with van der Waals surface area (Å²) in [5.41, 5.74) is 1.68. The molecule has 0 saturated heterocycles. The van der Waals surface area contributed by atoms with E-state index in [1.165, 1.54) is 6.07 Å². The number of rotatable bonds is 0. The van der Waals surface area contributed by atoms with Gasteiger partial charge in [-0.05, 0) is 18.6 Å². The maximum absolute atomic E-state index is 9.37. The molecule has 2 aromatic rings. The molecule has 3 nitrogen and oxygen atoms in total. The molecule has 1 aromatic heterocycles. The summed E-state index contributed by atoms with van der Waals surface area (Å²) < 4.78 is 0. The smallest absolute Gasteiger partial charge is 0.143 e. The zero-order chi connectivity index (χ0) is 12.7. The number of aromatic hydroxyl groups is 2. The second kappa shape index (κ2) is 6.77. The van der Waals surface area contributed by atoms with E-state index in [0.29, 0.717) is 5.52 Å². The lowest BCUT2D eigenvalue weighted by Crippen LogP contribution is -1.71. The molecule has 2 rings (SSSR count). The predicted molar refractivity (Wildman–Crippen MR) is 69.1 cm³/mol. The van der Waals surface area contributed by atoms with Crippen LogP contribution in [0.4, 0.5) is 0 Å². The van der Waals surface area contributed by atoms with Crippen molar-refractivity contribution in [1.82, 2.24) is 4.98 Å². The molecule has 0 amide bonds. The number of aromatic nitrogens is 1. The summed E-state index contributed by atoms with van der Waals surface area (Å²) in [4.78, 5) is 2.92. The van der Waals surface area contributed by atoms with Crippen LogP contribution in [0.3, 0.4) is 0 Å². The predicted octanol–water partition coefficient (Wildman–Crippen LogP) is 3.94. The minimum atomic E-state index is 0.0816. The van der Waals surface area contributed by atoms with Crippen LogP contribution in [0.5, 0.6) is 11.5 Å². The standard InChI is InChI=1S/C9H9NO2.2C2H6/c1-5-4-10-9-7(5)2-6(11)3-8(9)12;2*1-2/h2-4,10-12H,1H3;2*1-2H3. The van der Waals surface area contributed by atoms with Gasteiger partial charge in [-0.15, -0.1) is 0 Å². The van der Waals surface area contributed by atoms with E-state index in [1.54, 1.807) is 12.3 Å². The van der Waals surface area contributed by atoms with Gasteiger partial charge in [-0.25, -0.2) is 0 Å². The van der Waals surface area contributed by atoms with Gasteiger partial charge in [0.2, 0.25) is 0 Å². The van der Waals surface area contributed by atoms with Gasteiger partial charge in [0.25, 0.3) is 0 Å². The van der Waals surface area contributed by atoms with Gasteiger partial charge in [-0.1, -0.05) is 27.7 Å². The molecule has 0 spiro atoms. The number of fused-ring (bicyclic) bond motifs is 1. The molecule has 0 radical (unpaired) electrons. The lowest BCUT2D eigenvalue weighted by molar-refractivity contribution is 0.454. The Morgan fingerprint density at radius 2 is 1.56 bits per heavy atom. The molecule has 16 heavy (non-hydrogen) atoms. The van der Waals surface area contributed by atoms with Gasteiger partial charge < -0.3 is 15.2 Å². The number of phenols is 2. The van der Waals surface area contributed by atoms with Crippen LogP contribution in [-0.2, 0) is 0 Å². The van der Waals surface area contributed by atoms with Crippen molar-refractivity contribution in [2.45, 2.75) is 34.6 Å². The molecule has 0 aliphatic carbocycles. The first-order chi connectivity index (χ1) is 7.68. The van der Waals surface area contributed by atoms with E-state index in [0.717, 1.165) is 10.9 Å². The number of phenolic OH excluding ortho intramolecular Hbond substituents is 2. The third-order valence-electron chi connectivity index (χ3n) is 1.96. The fourth-order valence-electron chi connectivity index (χ4n) is 1.33. The van der Waals surface area contributed by atoms with E-state index in [9.17, 15) is 10.2 Å². The van der Waals surface area contributed by atoms with Gasteiger partial charge in [0.15, 0.2) is 0 Å². The third kappa shape index (κ3) is 2.92. The van der Waals surface area contributed by atoms with Crippen LogP contribution in [-0.4, -0.2) is 15.2 Å². The molecule has 0 saturated carbocycles. The Morgan fingerprint density at radius 3 is 2.12 bits per heavy atom. The van der Waals surface area contributed by atoms with Crippen molar-refractivity contribution in [3.8, 4) is 11.5 Å². The molecule has 1 heterocycles. The quantitative estimate of drug-likeness (QED) is 0.633. The topological polar surface area (TPSA) is 56.2 Å². The van der Waals surface area contributed by atoms with Gasteiger partial charge >= 0.3 is 0 Å². The number of aromatic amines is 1. The first kappa shape index (κ1) is 14.4. The van der Waals surface area contributed by atoms with Crippen LogP contribution in [0.1, 0.15) is 33.3 Å². The molecule has 3 heteroatoms. The summed E-state index contributed by atoms with van der Waals surface area (Å²) in [6, 6.07) is 2.94. The largest absolute Gasteiger partial charge is 0.508 e. The average molecular weight is 223 g/mol. The highest BCUT2D eigenvalue weighted by Crippen LogP contribution is 2.30. The number of hydrogen-bond donors (Lipinski definition) is 3. The van der Waals surface area contributed by atoms with Crippen LogP contribution in [0, 0.1) is 6.92 Å². The fraction of sp³-hybridized carbons (Fsp3) is 0.385. The summed E-state index contributed by atoms with van der Waals surface area (Å²) in [5.74, 6) is 0.167. The Morgan fingerprint density at radius 1 is 1.00 bits per heavy atom. The molecule has 90 valence electrons. The SMILES string of the molecule is CC.CC.Cc1c[nH]c2c(O)cc(O)cc12. The Bertz CT molecular complexity index is 433. The lowest BCUT2D eigenvalue weighted by Gasteiger charge is -1.97. The van der Waals surface area contributed by atoms with E-state index < -0.39 is 0 Å². The molecular formula is C13H21NO2. The van der Waals surface area contributed by atoms with Gasteiger partial charge in [0.05, 0.1) is 5.52 Å². The van der Waals surface area contributed by atoms with Crippen LogP contribution in [0.15, 0.2) is 18.3 Å². The van der Waals surface area contributed by atoms with Crippen molar-refractivity contribution < 1.29 is 10.2 Å². The van der Waals surface area contributed by atoms with Crippen molar-refractivity contribution in [2.24, 2.45) is 0 Å². The van der Waals surface area contributed by atoms with Crippen molar-refractivity contribution in [3.63, 3.8) is 0 Å². The van der Waals surface area contributed by atoms with E-state index in [1.807, 2.05) is 34.6 Å². The fourth-order valence-corrected chi connectivity index (χ4v) is 1.33. The highest BCUT2D eigenvalue weighted by Gasteiger charge is 2.05.